The Bertz CT molecular complexity index is 517. The molecule has 1 unspecified atom stereocenters. The van der Waals surface area contributed by atoms with E-state index in [2.05, 4.69) is 0 Å². The zero-order valence-electron chi connectivity index (χ0n) is 9.06. The molecule has 3 N–H and O–H groups in total. The minimum atomic E-state index is -5.69. The molecule has 1 rings (SSSR count). The van der Waals surface area contributed by atoms with Crippen molar-refractivity contribution >= 4 is 18.4 Å². The summed E-state index contributed by atoms with van der Waals surface area (Å²) < 4.78 is 89.2. The second-order valence-electron chi connectivity index (χ2n) is 3.36. The van der Waals surface area contributed by atoms with Gasteiger partial charge in [-0.05, 0) is 0 Å². The summed E-state index contributed by atoms with van der Waals surface area (Å²) in [4.78, 5) is 10.4. The van der Waals surface area contributed by atoms with Crippen LogP contribution in [0.5, 0.6) is 0 Å². The van der Waals surface area contributed by atoms with Crippen LogP contribution >= 0.6 is 12.4 Å². The molecule has 1 atom stereocenters. The molecule has 3 nitrogen and oxygen atoms in total. The molecule has 0 bridgehead atoms. The van der Waals surface area contributed by atoms with Crippen LogP contribution in [0.25, 0.3) is 0 Å². The molecule has 20 heavy (non-hydrogen) atoms. The van der Waals surface area contributed by atoms with E-state index < -0.39 is 52.6 Å². The van der Waals surface area contributed by atoms with Crippen molar-refractivity contribution in [3.63, 3.8) is 0 Å². The Kier molecular flexibility index (Phi) is 5.38. The predicted octanol–water partition coefficient (Wildman–Crippen LogP) is 2.77. The number of nitrogens with two attached hydrogens (primary N) is 1. The van der Waals surface area contributed by atoms with Crippen LogP contribution in [-0.2, 0) is 11.0 Å². The number of aliphatic carboxylic acids is 1. The van der Waals surface area contributed by atoms with Gasteiger partial charge in [0, 0.05) is 0 Å². The highest BCUT2D eigenvalue weighted by Crippen LogP contribution is 2.37. The van der Waals surface area contributed by atoms with Crippen molar-refractivity contribution in [2.75, 3.05) is 0 Å². The number of benzene rings is 1. The Balaban J connectivity index is 0.00000361. The molecule has 1 aromatic carbocycles. The standard InChI is InChI=1S/C9H4F7NO2.ClH/c10-3-1(7(17)8(18)19)4(11)6(13)2(5(3)12)9(14,15)16;/h7H,17H2,(H,18,19);1H. The lowest BCUT2D eigenvalue weighted by Crippen LogP contribution is -2.26. The van der Waals surface area contributed by atoms with Crippen molar-refractivity contribution in [2.24, 2.45) is 5.73 Å². The highest BCUT2D eigenvalue weighted by atomic mass is 35.5. The van der Waals surface area contributed by atoms with Crippen LogP contribution in [0.1, 0.15) is 17.2 Å². The lowest BCUT2D eigenvalue weighted by molar-refractivity contribution is -0.143. The Morgan fingerprint density at radius 2 is 1.35 bits per heavy atom. The molecule has 0 amide bonds. The van der Waals surface area contributed by atoms with E-state index >= 15 is 0 Å². The summed E-state index contributed by atoms with van der Waals surface area (Å²) >= 11 is 0. The normalized spacial score (nSPS) is 12.8. The highest BCUT2D eigenvalue weighted by molar-refractivity contribution is 5.85. The molecule has 0 heterocycles. The number of carbonyl (C=O) groups is 1. The first-order valence-corrected chi connectivity index (χ1v) is 4.41. The summed E-state index contributed by atoms with van der Waals surface area (Å²) in [6.45, 7) is 0. The summed E-state index contributed by atoms with van der Waals surface area (Å²) in [7, 11) is 0. The van der Waals surface area contributed by atoms with Crippen LogP contribution in [0, 0.1) is 23.3 Å². The predicted molar refractivity (Wildman–Crippen MR) is 53.1 cm³/mol. The van der Waals surface area contributed by atoms with Crippen LogP contribution in [0.4, 0.5) is 30.7 Å². The monoisotopic (exact) mass is 327 g/mol. The van der Waals surface area contributed by atoms with Gasteiger partial charge in [-0.1, -0.05) is 0 Å². The van der Waals surface area contributed by atoms with Crippen molar-refractivity contribution in [3.05, 3.63) is 34.4 Å². The first-order chi connectivity index (χ1) is 8.50. The van der Waals surface area contributed by atoms with E-state index in [1.54, 1.807) is 0 Å². The van der Waals surface area contributed by atoms with Crippen LogP contribution < -0.4 is 5.73 Å². The van der Waals surface area contributed by atoms with Gasteiger partial charge in [-0.15, -0.1) is 12.4 Å². The van der Waals surface area contributed by atoms with E-state index in [4.69, 9.17) is 10.8 Å². The minimum Gasteiger partial charge on any atom is -0.480 e. The third-order valence-electron chi connectivity index (χ3n) is 2.16. The molecule has 114 valence electrons. The Morgan fingerprint density at radius 1 is 1.00 bits per heavy atom. The summed E-state index contributed by atoms with van der Waals surface area (Å²) in [5.74, 6) is -12.6. The SMILES string of the molecule is Cl.NC(C(=O)O)c1c(F)c(F)c(C(F)(F)F)c(F)c1F. The fourth-order valence-corrected chi connectivity index (χ4v) is 1.29. The van der Waals surface area contributed by atoms with Gasteiger partial charge in [0.05, 0.1) is 5.56 Å². The highest BCUT2D eigenvalue weighted by Gasteiger charge is 2.43. The average molecular weight is 328 g/mol. The quantitative estimate of drug-likeness (QED) is 0.648. The maximum atomic E-state index is 13.2. The third-order valence-corrected chi connectivity index (χ3v) is 2.16. The van der Waals surface area contributed by atoms with Gasteiger partial charge in [0.2, 0.25) is 0 Å². The van der Waals surface area contributed by atoms with Gasteiger partial charge in [-0.25, -0.2) is 17.6 Å². The number of carboxylic acids is 1. The molecule has 11 heteroatoms. The Labute approximate surface area is 112 Å². The van der Waals surface area contributed by atoms with Gasteiger partial charge >= 0.3 is 12.1 Å². The number of rotatable bonds is 2. The van der Waals surface area contributed by atoms with Crippen molar-refractivity contribution in [1.29, 1.82) is 0 Å². The van der Waals surface area contributed by atoms with Crippen molar-refractivity contribution in [1.82, 2.24) is 0 Å². The van der Waals surface area contributed by atoms with Gasteiger partial charge in [-0.2, -0.15) is 13.2 Å². The summed E-state index contributed by atoms with van der Waals surface area (Å²) in [6, 6.07) is -2.55. The first kappa shape index (κ1) is 18.4. The first-order valence-electron chi connectivity index (χ1n) is 4.41. The number of hydrogen-bond donors (Lipinski definition) is 2. The van der Waals surface area contributed by atoms with E-state index in [1.807, 2.05) is 0 Å². The number of alkyl halides is 3. The second kappa shape index (κ2) is 5.83. The number of halogens is 8. The lowest BCUT2D eigenvalue weighted by Gasteiger charge is -2.15. The second-order valence-corrected chi connectivity index (χ2v) is 3.36. The molecule has 0 aliphatic rings. The largest absolute Gasteiger partial charge is 0.480 e. The van der Waals surface area contributed by atoms with E-state index in [0.717, 1.165) is 0 Å². The summed E-state index contributed by atoms with van der Waals surface area (Å²) in [5, 5.41) is 8.37. The molecule has 0 saturated carbocycles. The molecular formula is C9H5ClF7NO2. The van der Waals surface area contributed by atoms with Crippen molar-refractivity contribution in [2.45, 2.75) is 12.2 Å². The lowest BCUT2D eigenvalue weighted by atomic mass is 10.0. The van der Waals surface area contributed by atoms with E-state index in [9.17, 15) is 35.5 Å². The van der Waals surface area contributed by atoms with Crippen LogP contribution in [-0.4, -0.2) is 11.1 Å². The molecule has 0 aromatic heterocycles. The molecule has 0 fully saturated rings. The smallest absolute Gasteiger partial charge is 0.422 e. The fraction of sp³-hybridized carbons (Fsp3) is 0.222. The molecule has 1 aromatic rings. The van der Waals surface area contributed by atoms with Gasteiger partial charge in [0.25, 0.3) is 0 Å². The van der Waals surface area contributed by atoms with E-state index in [0.29, 0.717) is 0 Å². The molecule has 0 radical (unpaired) electrons. The number of hydrogen-bond acceptors (Lipinski definition) is 2. The molecule has 0 saturated heterocycles. The molecule has 0 aliphatic carbocycles. The average Bonchev–Trinajstić information content (AvgIpc) is 2.24. The fourth-order valence-electron chi connectivity index (χ4n) is 1.29. The molecule has 0 spiro atoms. The van der Waals surface area contributed by atoms with Crippen molar-refractivity contribution in [3.8, 4) is 0 Å². The summed E-state index contributed by atoms with van der Waals surface area (Å²) in [5.41, 5.74) is 0.131. The van der Waals surface area contributed by atoms with Crippen LogP contribution in [0.3, 0.4) is 0 Å². The maximum Gasteiger partial charge on any atom is 0.422 e. The molecular weight excluding hydrogens is 323 g/mol. The topological polar surface area (TPSA) is 63.3 Å². The summed E-state index contributed by atoms with van der Waals surface area (Å²) in [6.07, 6.45) is -5.69. The van der Waals surface area contributed by atoms with Crippen LogP contribution in [0.15, 0.2) is 0 Å². The van der Waals surface area contributed by atoms with Crippen LogP contribution in [0.2, 0.25) is 0 Å². The zero-order chi connectivity index (χ0) is 15.1. The van der Waals surface area contributed by atoms with E-state index in [1.165, 1.54) is 0 Å². The maximum absolute atomic E-state index is 13.2. The Morgan fingerprint density at radius 3 is 1.60 bits per heavy atom. The zero-order valence-corrected chi connectivity index (χ0v) is 9.88. The van der Waals surface area contributed by atoms with Gasteiger partial charge in [-0.3, -0.25) is 4.79 Å². The molecule has 0 aliphatic heterocycles. The van der Waals surface area contributed by atoms with Crippen molar-refractivity contribution < 1.29 is 40.6 Å². The third kappa shape index (κ3) is 2.96. The van der Waals surface area contributed by atoms with E-state index in [-0.39, 0.29) is 12.4 Å². The number of carboxylic acid groups (broad SMARTS) is 1. The Hall–Kier alpha value is -1.55. The van der Waals surface area contributed by atoms with Gasteiger partial charge in [0.15, 0.2) is 23.3 Å². The van der Waals surface area contributed by atoms with Gasteiger partial charge in [0.1, 0.15) is 11.6 Å². The minimum absolute atomic E-state index is 0. The van der Waals surface area contributed by atoms with Gasteiger partial charge < -0.3 is 10.8 Å².